The highest BCUT2D eigenvalue weighted by molar-refractivity contribution is 7.19. The van der Waals surface area contributed by atoms with Crippen LogP contribution in [0.4, 0.5) is 5.69 Å². The van der Waals surface area contributed by atoms with Crippen LogP contribution in [0.1, 0.15) is 10.6 Å². The molecule has 0 saturated carbocycles. The molecule has 0 atom stereocenters. The summed E-state index contributed by atoms with van der Waals surface area (Å²) in [5.74, 6) is 0. The quantitative estimate of drug-likeness (QED) is 0.544. The fourth-order valence-electron chi connectivity index (χ4n) is 1.33. The van der Waals surface area contributed by atoms with Gasteiger partial charge in [-0.25, -0.2) is 4.98 Å². The van der Waals surface area contributed by atoms with Crippen LogP contribution in [0.15, 0.2) is 12.1 Å². The monoisotopic (exact) mass is 219 g/mol. The van der Waals surface area contributed by atoms with Gasteiger partial charge < -0.3 is 0 Å². The first-order chi connectivity index (χ1) is 7.11. The van der Waals surface area contributed by atoms with E-state index in [-0.39, 0.29) is 5.69 Å². The first-order valence-electron chi connectivity index (χ1n) is 4.07. The maximum atomic E-state index is 10.6. The van der Waals surface area contributed by atoms with E-state index in [0.29, 0.717) is 15.2 Å². The average molecular weight is 219 g/mol. The van der Waals surface area contributed by atoms with Crippen molar-refractivity contribution in [3.63, 3.8) is 0 Å². The van der Waals surface area contributed by atoms with Gasteiger partial charge in [-0.15, -0.1) is 11.3 Å². The van der Waals surface area contributed by atoms with Gasteiger partial charge in [0.15, 0.2) is 5.01 Å². The molecule has 5 nitrogen and oxygen atoms in total. The highest BCUT2D eigenvalue weighted by Gasteiger charge is 2.12. The van der Waals surface area contributed by atoms with Crippen molar-refractivity contribution in [2.24, 2.45) is 0 Å². The number of nitrogens with zero attached hydrogens (tertiary/aromatic N) is 3. The number of nitriles is 1. The van der Waals surface area contributed by atoms with Crippen molar-refractivity contribution in [1.82, 2.24) is 4.98 Å². The molecule has 74 valence electrons. The normalized spacial score (nSPS) is 10.1. The van der Waals surface area contributed by atoms with Crippen molar-refractivity contribution < 1.29 is 4.92 Å². The number of hydrogen-bond donors (Lipinski definition) is 0. The van der Waals surface area contributed by atoms with Crippen molar-refractivity contribution in [3.05, 3.63) is 32.8 Å². The number of non-ortho nitro benzene ring substituents is 1. The van der Waals surface area contributed by atoms with Crippen molar-refractivity contribution in [3.8, 4) is 6.07 Å². The number of benzene rings is 1. The summed E-state index contributed by atoms with van der Waals surface area (Å²) >= 11 is 1.17. The second-order valence-electron chi connectivity index (χ2n) is 3.00. The predicted molar refractivity (Wildman–Crippen MR) is 55.7 cm³/mol. The molecule has 2 rings (SSSR count). The Morgan fingerprint density at radius 1 is 1.60 bits per heavy atom. The average Bonchev–Trinajstić information content (AvgIpc) is 2.61. The third kappa shape index (κ3) is 1.53. The van der Waals surface area contributed by atoms with Crippen LogP contribution in [0, 0.1) is 28.4 Å². The number of fused-ring (bicyclic) bond motifs is 1. The number of hydrogen-bond acceptors (Lipinski definition) is 5. The van der Waals surface area contributed by atoms with E-state index in [0.717, 1.165) is 5.56 Å². The number of aryl methyl sites for hydroxylation is 1. The molecule has 0 aliphatic rings. The van der Waals surface area contributed by atoms with Gasteiger partial charge >= 0.3 is 0 Å². The largest absolute Gasteiger partial charge is 0.271 e. The third-order valence-electron chi connectivity index (χ3n) is 1.98. The summed E-state index contributed by atoms with van der Waals surface area (Å²) in [7, 11) is 0. The SMILES string of the molecule is Cc1cc([N+](=O)[O-])cc2sc(C#N)nc12. The fraction of sp³-hybridized carbons (Fsp3) is 0.111. The Bertz CT molecular complexity index is 597. The predicted octanol–water partition coefficient (Wildman–Crippen LogP) is 2.38. The van der Waals surface area contributed by atoms with Crippen molar-refractivity contribution in [2.45, 2.75) is 6.92 Å². The lowest BCUT2D eigenvalue weighted by Gasteiger charge is -1.94. The summed E-state index contributed by atoms with van der Waals surface area (Å²) in [5.41, 5.74) is 1.42. The van der Waals surface area contributed by atoms with Gasteiger partial charge in [0.05, 0.1) is 15.1 Å². The summed E-state index contributed by atoms with van der Waals surface area (Å²) in [6.07, 6.45) is 0. The highest BCUT2D eigenvalue weighted by Crippen LogP contribution is 2.28. The smallest absolute Gasteiger partial charge is 0.258 e. The van der Waals surface area contributed by atoms with E-state index < -0.39 is 4.92 Å². The molecule has 0 amide bonds. The Labute approximate surface area is 88.7 Å². The van der Waals surface area contributed by atoms with Crippen molar-refractivity contribution in [1.29, 1.82) is 5.26 Å². The molecule has 0 bridgehead atoms. The van der Waals surface area contributed by atoms with Gasteiger partial charge in [-0.1, -0.05) is 0 Å². The number of nitro groups is 1. The van der Waals surface area contributed by atoms with Crippen LogP contribution in [-0.4, -0.2) is 9.91 Å². The van der Waals surface area contributed by atoms with E-state index in [1.54, 1.807) is 6.92 Å². The highest BCUT2D eigenvalue weighted by atomic mass is 32.1. The van der Waals surface area contributed by atoms with Crippen LogP contribution in [0.25, 0.3) is 10.2 Å². The minimum Gasteiger partial charge on any atom is -0.258 e. The summed E-state index contributed by atoms with van der Waals surface area (Å²) < 4.78 is 0.679. The van der Waals surface area contributed by atoms with E-state index in [1.165, 1.54) is 23.5 Å². The van der Waals surface area contributed by atoms with E-state index >= 15 is 0 Å². The summed E-state index contributed by atoms with van der Waals surface area (Å²) in [4.78, 5) is 14.2. The van der Waals surface area contributed by atoms with Crippen LogP contribution < -0.4 is 0 Å². The molecular weight excluding hydrogens is 214 g/mol. The van der Waals surface area contributed by atoms with Crippen molar-refractivity contribution in [2.75, 3.05) is 0 Å². The zero-order chi connectivity index (χ0) is 11.0. The second-order valence-corrected chi connectivity index (χ2v) is 4.03. The number of nitro benzene ring substituents is 1. The first kappa shape index (κ1) is 9.55. The van der Waals surface area contributed by atoms with Crippen molar-refractivity contribution >= 4 is 27.2 Å². The zero-order valence-electron chi connectivity index (χ0n) is 7.72. The lowest BCUT2D eigenvalue weighted by molar-refractivity contribution is -0.384. The minimum atomic E-state index is -0.446. The van der Waals surface area contributed by atoms with Crippen LogP contribution in [0.2, 0.25) is 0 Å². The Hall–Kier alpha value is -2.00. The molecule has 1 heterocycles. The molecule has 0 aliphatic carbocycles. The van der Waals surface area contributed by atoms with Gasteiger partial charge in [0, 0.05) is 12.1 Å². The number of thiazole rings is 1. The lowest BCUT2D eigenvalue weighted by Crippen LogP contribution is -1.88. The maximum Gasteiger partial charge on any atom is 0.271 e. The van der Waals surface area contributed by atoms with Gasteiger partial charge in [0.1, 0.15) is 6.07 Å². The van der Waals surface area contributed by atoms with Crippen LogP contribution >= 0.6 is 11.3 Å². The number of aromatic nitrogens is 1. The lowest BCUT2D eigenvalue weighted by atomic mass is 10.2. The Balaban J connectivity index is 2.77. The fourth-order valence-corrected chi connectivity index (χ4v) is 2.21. The molecule has 1 aromatic heterocycles. The molecule has 2 aromatic rings. The van der Waals surface area contributed by atoms with Crippen LogP contribution in [-0.2, 0) is 0 Å². The topological polar surface area (TPSA) is 79.8 Å². The Kier molecular flexibility index (Phi) is 2.10. The minimum absolute atomic E-state index is 0.0353. The summed E-state index contributed by atoms with van der Waals surface area (Å²) in [5, 5.41) is 19.6. The molecule has 6 heteroatoms. The molecular formula is C9H5N3O2S. The van der Waals surface area contributed by atoms with E-state index in [9.17, 15) is 10.1 Å². The first-order valence-corrected chi connectivity index (χ1v) is 4.89. The van der Waals surface area contributed by atoms with Gasteiger partial charge in [-0.05, 0) is 12.5 Å². The maximum absolute atomic E-state index is 10.6. The Morgan fingerprint density at radius 3 is 2.93 bits per heavy atom. The number of rotatable bonds is 1. The molecule has 0 fully saturated rings. The van der Waals surface area contributed by atoms with Gasteiger partial charge in [-0.3, -0.25) is 10.1 Å². The second kappa shape index (κ2) is 3.29. The molecule has 0 N–H and O–H groups in total. The zero-order valence-corrected chi connectivity index (χ0v) is 8.54. The summed E-state index contributed by atoms with van der Waals surface area (Å²) in [6, 6.07) is 4.84. The van der Waals surface area contributed by atoms with E-state index in [4.69, 9.17) is 5.26 Å². The molecule has 15 heavy (non-hydrogen) atoms. The van der Waals surface area contributed by atoms with Gasteiger partial charge in [-0.2, -0.15) is 5.26 Å². The van der Waals surface area contributed by atoms with Crippen LogP contribution in [0.3, 0.4) is 0 Å². The van der Waals surface area contributed by atoms with Crippen LogP contribution in [0.5, 0.6) is 0 Å². The van der Waals surface area contributed by atoms with E-state index in [1.807, 2.05) is 6.07 Å². The molecule has 0 radical (unpaired) electrons. The standard InChI is InChI=1S/C9H5N3O2S/c1-5-2-6(12(13)14)3-7-9(5)11-8(4-10)15-7/h2-3H,1H3. The molecule has 0 saturated heterocycles. The van der Waals surface area contributed by atoms with E-state index in [2.05, 4.69) is 4.98 Å². The Morgan fingerprint density at radius 2 is 2.33 bits per heavy atom. The van der Waals surface area contributed by atoms with Gasteiger partial charge in [0.25, 0.3) is 5.69 Å². The van der Waals surface area contributed by atoms with Gasteiger partial charge in [0.2, 0.25) is 0 Å². The summed E-state index contributed by atoms with van der Waals surface area (Å²) in [6.45, 7) is 1.75. The molecule has 0 unspecified atom stereocenters. The molecule has 0 aliphatic heterocycles. The third-order valence-corrected chi connectivity index (χ3v) is 2.88. The molecule has 0 spiro atoms. The molecule has 1 aromatic carbocycles.